The van der Waals surface area contributed by atoms with Gasteiger partial charge < -0.3 is 41.1 Å². The number of hydrogen-bond donors (Lipinski definition) is 10. The summed E-state index contributed by atoms with van der Waals surface area (Å²) < 4.78 is 8.25. The number of β-amino-alcohol motifs (C(OH)–C–C–N with tert-alkyl or cyclic N) is 1. The van der Waals surface area contributed by atoms with Crippen molar-refractivity contribution >= 4 is 98.1 Å². The molecule has 0 saturated carbocycles. The SMILES string of the molecule is CCNC(=O)Nc1nc2cc(-c3ccc(C(C)(C)O)nc3)cc(-c3ccccn3)c2s1.CCNC(=O)Nc1nc2cc(-c3cnc(C(C)(C)O)nc3)cc(-c3cc(CN4CCC(O)C4)ccn3)c2s1.CCNC(=O)Nc1nc2cc(-c3cnc(C(C)(C)O)nc3)cc(-c3cc(CN4CCOCC4)ccn3)c2s1. The predicted molar refractivity (Wildman–Crippen MR) is 420 cm³/mol. The van der Waals surface area contributed by atoms with E-state index in [1.54, 1.807) is 84.9 Å². The number of hydrogen-bond acceptors (Lipinski definition) is 24. The van der Waals surface area contributed by atoms with Gasteiger partial charge in [0.15, 0.2) is 27.0 Å². The third-order valence-corrected chi connectivity index (χ3v) is 20.3. The standard InChI is InChI=1S/2C27H31N7O3S.C23H23N5O2S/c1-4-28-25(36)33-26-32-22-11-17(18-12-30-24(31-13-18)27(2,3)37)10-20(23(22)38-26)21-9-16(5-7-29-21)14-34-8-6-19(35)15-34;1-4-28-25(35)33-26-32-22-13-18(19-14-30-24(31-15-19)27(2,3)36)12-20(23(22)38-26)21-11-17(5-6-29-21)16-34-7-9-37-10-8-34;1-4-24-21(29)28-22-27-18-12-15(14-8-9-19(26-13-14)23(2,3)30)11-16(20(18)31-22)17-7-5-6-10-25-17/h5,7,9-13,19,35,37H,4,6,8,14-15H2,1-3H3,(H2,28,32,33,36);5-6,11-15,36H,4,7-10,16H2,1-3H3,(H2,28,32,33,35);5-13,30H,4H2,1-3H3,(H2,24,27,28,29). The molecule has 12 aromatic rings. The summed E-state index contributed by atoms with van der Waals surface area (Å²) >= 11 is 4.21. The molecule has 554 valence electrons. The molecule has 1 atom stereocenters. The number of nitrogens with one attached hydrogen (secondary N) is 6. The Kier molecular flexibility index (Phi) is 24.0. The van der Waals surface area contributed by atoms with Gasteiger partial charge in [-0.15, -0.1) is 0 Å². The molecule has 1 unspecified atom stereocenters. The van der Waals surface area contributed by atoms with Crippen LogP contribution in [0.25, 0.3) is 97.8 Å². The summed E-state index contributed by atoms with van der Waals surface area (Å²) in [4.78, 5) is 90.7. The van der Waals surface area contributed by atoms with Crippen molar-refractivity contribution in [3.63, 3.8) is 0 Å². The summed E-state index contributed by atoms with van der Waals surface area (Å²) in [5.74, 6) is 0.688. The third-order valence-electron chi connectivity index (χ3n) is 17.2. The molecule has 0 aliphatic carbocycles. The first-order valence-electron chi connectivity index (χ1n) is 35.1. The largest absolute Gasteiger partial charge is 0.392 e. The summed E-state index contributed by atoms with van der Waals surface area (Å²) in [6.07, 6.45) is 14.4. The van der Waals surface area contributed by atoms with E-state index in [0.29, 0.717) is 58.9 Å². The second-order valence-corrected chi connectivity index (χ2v) is 30.2. The molecular weight excluding hydrogens is 1420 g/mol. The van der Waals surface area contributed by atoms with Gasteiger partial charge in [-0.25, -0.2) is 49.3 Å². The second kappa shape index (κ2) is 33.6. The molecule has 9 aromatic heterocycles. The lowest BCUT2D eigenvalue weighted by atomic mass is 9.99. The number of likely N-dealkylation sites (tertiary alicyclic amines) is 1. The number of urea groups is 3. The average Bonchev–Trinajstić information content (AvgIpc) is 1.70. The highest BCUT2D eigenvalue weighted by molar-refractivity contribution is 7.23. The Morgan fingerprint density at radius 1 is 0.467 bits per heavy atom. The van der Waals surface area contributed by atoms with E-state index in [4.69, 9.17) is 14.7 Å². The van der Waals surface area contributed by atoms with Gasteiger partial charge in [0.1, 0.15) is 16.8 Å². The normalized spacial score (nSPS) is 14.2. The second-order valence-electron chi connectivity index (χ2n) is 27.2. The molecule has 6 amide bonds. The Morgan fingerprint density at radius 2 is 0.888 bits per heavy atom. The Labute approximate surface area is 630 Å². The van der Waals surface area contributed by atoms with Gasteiger partial charge in [0.25, 0.3) is 0 Å². The molecule has 107 heavy (non-hydrogen) atoms. The minimum Gasteiger partial charge on any atom is -0.392 e. The highest BCUT2D eigenvalue weighted by Crippen LogP contribution is 2.42. The van der Waals surface area contributed by atoms with Crippen LogP contribution in [0.3, 0.4) is 0 Å². The number of anilines is 3. The Bertz CT molecular complexity index is 4890. The zero-order valence-electron chi connectivity index (χ0n) is 60.8. The summed E-state index contributed by atoms with van der Waals surface area (Å²) in [6.45, 7) is 23.5. The van der Waals surface area contributed by atoms with Crippen molar-refractivity contribution in [1.29, 1.82) is 0 Å². The highest BCUT2D eigenvalue weighted by atomic mass is 32.1. The lowest BCUT2D eigenvalue weighted by molar-refractivity contribution is 0.0342. The molecule has 30 heteroatoms. The van der Waals surface area contributed by atoms with Crippen LogP contribution in [0.1, 0.15) is 97.2 Å². The number of thiazole rings is 3. The van der Waals surface area contributed by atoms with E-state index >= 15 is 0 Å². The zero-order valence-corrected chi connectivity index (χ0v) is 63.3. The quantitative estimate of drug-likeness (QED) is 0.0359. The molecule has 14 rings (SSSR count). The van der Waals surface area contributed by atoms with Crippen LogP contribution in [0, 0.1) is 0 Å². The molecule has 2 aliphatic rings. The highest BCUT2D eigenvalue weighted by Gasteiger charge is 2.26. The molecule has 2 saturated heterocycles. The molecule has 10 N–H and O–H groups in total. The number of pyridine rings is 4. The van der Waals surface area contributed by atoms with Crippen molar-refractivity contribution < 1.29 is 39.5 Å². The fraction of sp³-hybridized carbons (Fsp3) is 0.325. The number of fused-ring (bicyclic) bond motifs is 3. The molecule has 11 heterocycles. The van der Waals surface area contributed by atoms with Gasteiger partial charge in [-0.05, 0) is 175 Å². The zero-order chi connectivity index (χ0) is 75.6. The van der Waals surface area contributed by atoms with Crippen molar-refractivity contribution in [2.45, 2.75) is 105 Å². The first-order valence-corrected chi connectivity index (χ1v) is 37.6. The molecule has 2 fully saturated rings. The van der Waals surface area contributed by atoms with Crippen LogP contribution < -0.4 is 31.9 Å². The molecular formula is C77H85N19O8S3. The molecule has 0 spiro atoms. The van der Waals surface area contributed by atoms with Crippen LogP contribution in [0.5, 0.6) is 0 Å². The number of aliphatic hydroxyl groups is 4. The van der Waals surface area contributed by atoms with Crippen molar-refractivity contribution in [1.82, 2.24) is 80.6 Å². The number of amides is 6. The smallest absolute Gasteiger partial charge is 0.321 e. The fourth-order valence-electron chi connectivity index (χ4n) is 11.9. The number of carbonyl (C=O) groups excluding carboxylic acids is 3. The van der Waals surface area contributed by atoms with Crippen molar-refractivity contribution in [3.8, 4) is 67.2 Å². The molecule has 0 bridgehead atoms. The molecule has 0 radical (unpaired) electrons. The van der Waals surface area contributed by atoms with Gasteiger partial charge in [0.2, 0.25) is 0 Å². The van der Waals surface area contributed by atoms with E-state index < -0.39 is 16.8 Å². The van der Waals surface area contributed by atoms with Crippen LogP contribution in [-0.4, -0.2) is 168 Å². The van der Waals surface area contributed by atoms with Gasteiger partial charge >= 0.3 is 18.1 Å². The van der Waals surface area contributed by atoms with Gasteiger partial charge in [0, 0.05) is 142 Å². The number of morpholine rings is 1. The maximum absolute atomic E-state index is 12.2. The summed E-state index contributed by atoms with van der Waals surface area (Å²) in [5.41, 5.74) is 12.1. The van der Waals surface area contributed by atoms with Crippen LogP contribution >= 0.6 is 34.0 Å². The summed E-state index contributed by atoms with van der Waals surface area (Å²) in [5, 5.41) is 58.7. The lowest BCUT2D eigenvalue weighted by Gasteiger charge is -2.26. The van der Waals surface area contributed by atoms with Crippen molar-refractivity contribution in [2.24, 2.45) is 0 Å². The van der Waals surface area contributed by atoms with Gasteiger partial charge in [-0.1, -0.05) is 46.1 Å². The Morgan fingerprint density at radius 3 is 1.27 bits per heavy atom. The number of aromatic nitrogens is 11. The Hall–Kier alpha value is -10.4. The van der Waals surface area contributed by atoms with E-state index in [0.717, 1.165) is 156 Å². The van der Waals surface area contributed by atoms with E-state index in [1.807, 2.05) is 93.7 Å². The maximum atomic E-state index is 12.2. The third kappa shape index (κ3) is 19.4. The van der Waals surface area contributed by atoms with Crippen LogP contribution in [0.2, 0.25) is 0 Å². The molecule has 3 aromatic carbocycles. The summed E-state index contributed by atoms with van der Waals surface area (Å²) in [7, 11) is 0. The van der Waals surface area contributed by atoms with Gasteiger partial charge in [-0.3, -0.25) is 45.7 Å². The van der Waals surface area contributed by atoms with Crippen LogP contribution in [-0.2, 0) is 34.6 Å². The number of nitrogens with zero attached hydrogens (tertiary/aromatic N) is 13. The average molecular weight is 1500 g/mol. The predicted octanol–water partition coefficient (Wildman–Crippen LogP) is 12.6. The van der Waals surface area contributed by atoms with Crippen LogP contribution in [0.15, 0.2) is 141 Å². The lowest BCUT2D eigenvalue weighted by Crippen LogP contribution is -2.35. The molecule has 27 nitrogen and oxygen atoms in total. The number of rotatable bonds is 19. The van der Waals surface area contributed by atoms with Crippen molar-refractivity contribution in [3.05, 3.63) is 169 Å². The number of benzene rings is 3. The van der Waals surface area contributed by atoms with Gasteiger partial charge in [0.05, 0.1) is 72.7 Å². The first kappa shape index (κ1) is 76.3. The van der Waals surface area contributed by atoms with Crippen LogP contribution in [0.4, 0.5) is 29.8 Å². The minimum atomic E-state index is -1.14. The monoisotopic (exact) mass is 1500 g/mol. The van der Waals surface area contributed by atoms with E-state index in [9.17, 15) is 34.8 Å². The van der Waals surface area contributed by atoms with E-state index in [-0.39, 0.29) is 24.2 Å². The number of ether oxygens (including phenoxy) is 1. The van der Waals surface area contributed by atoms with E-state index in [2.05, 4.69) is 111 Å². The number of aliphatic hydroxyl groups excluding tert-OH is 1. The topological polar surface area (TPSA) is 362 Å². The van der Waals surface area contributed by atoms with Gasteiger partial charge in [-0.2, -0.15) is 0 Å². The van der Waals surface area contributed by atoms with E-state index in [1.165, 1.54) is 39.6 Å². The number of carbonyl (C=O) groups is 3. The first-order chi connectivity index (χ1) is 51.3. The maximum Gasteiger partial charge on any atom is 0.321 e. The van der Waals surface area contributed by atoms with Crippen molar-refractivity contribution in [2.75, 3.05) is 75.0 Å². The molecule has 2 aliphatic heterocycles. The summed E-state index contributed by atoms with van der Waals surface area (Å²) in [6, 6.07) is 28.8. The Balaban J connectivity index is 0.000000151. The fourth-order valence-corrected chi connectivity index (χ4v) is 14.8. The minimum absolute atomic E-state index is 0.273.